The molecule has 3 aromatic heterocycles. The normalized spacial score (nSPS) is 11.3. The van der Waals surface area contributed by atoms with Gasteiger partial charge in [-0.25, -0.2) is 9.78 Å². The van der Waals surface area contributed by atoms with Crippen LogP contribution in [0.2, 0.25) is 0 Å². The molecule has 0 aliphatic carbocycles. The highest BCUT2D eigenvalue weighted by Crippen LogP contribution is 2.29. The third kappa shape index (κ3) is 3.51. The van der Waals surface area contributed by atoms with Crippen molar-refractivity contribution in [3.8, 4) is 22.6 Å². The Hall–Kier alpha value is -4.33. The molecular weight excluding hydrogens is 408 g/mol. The third-order valence-corrected chi connectivity index (χ3v) is 5.49. The van der Waals surface area contributed by atoms with Crippen molar-refractivity contribution in [2.45, 2.75) is 19.8 Å². The molecule has 0 amide bonds. The van der Waals surface area contributed by atoms with Gasteiger partial charge in [-0.2, -0.15) is 0 Å². The van der Waals surface area contributed by atoms with Gasteiger partial charge in [-0.05, 0) is 55.3 Å². The van der Waals surface area contributed by atoms with Crippen molar-refractivity contribution in [1.82, 2.24) is 19.1 Å². The molecule has 0 saturated carbocycles. The molecule has 8 heteroatoms. The van der Waals surface area contributed by atoms with Crippen LogP contribution in [0.15, 0.2) is 76.2 Å². The van der Waals surface area contributed by atoms with Crippen LogP contribution in [0.3, 0.4) is 0 Å². The largest absolute Gasteiger partial charge is 0.481 e. The molecule has 0 saturated heterocycles. The van der Waals surface area contributed by atoms with Crippen molar-refractivity contribution in [3.63, 3.8) is 0 Å². The lowest BCUT2D eigenvalue weighted by atomic mass is 10.1. The zero-order chi connectivity index (χ0) is 22.2. The molecule has 160 valence electrons. The van der Waals surface area contributed by atoms with Gasteiger partial charge in [-0.1, -0.05) is 12.1 Å². The van der Waals surface area contributed by atoms with E-state index in [1.807, 2.05) is 64.7 Å². The molecule has 0 aliphatic heterocycles. The molecule has 3 heterocycles. The zero-order valence-electron chi connectivity index (χ0n) is 17.3. The lowest BCUT2D eigenvalue weighted by molar-refractivity contribution is -0.136. The molecule has 8 nitrogen and oxygen atoms in total. The van der Waals surface area contributed by atoms with Crippen LogP contribution in [0.4, 0.5) is 0 Å². The quantitative estimate of drug-likeness (QED) is 0.424. The summed E-state index contributed by atoms with van der Waals surface area (Å²) < 4.78 is 9.24. The van der Waals surface area contributed by atoms with Crippen molar-refractivity contribution in [1.29, 1.82) is 0 Å². The number of carboxylic acids is 1. The molecule has 0 fully saturated rings. The smallest absolute Gasteiger partial charge is 0.417 e. The highest BCUT2D eigenvalue weighted by atomic mass is 16.4. The summed E-state index contributed by atoms with van der Waals surface area (Å²) in [5.41, 5.74) is 5.59. The van der Waals surface area contributed by atoms with E-state index in [4.69, 9.17) is 4.42 Å². The molecule has 32 heavy (non-hydrogen) atoms. The zero-order valence-corrected chi connectivity index (χ0v) is 17.3. The second-order valence-electron chi connectivity index (χ2n) is 7.53. The van der Waals surface area contributed by atoms with Gasteiger partial charge in [0, 0.05) is 35.5 Å². The monoisotopic (exact) mass is 428 g/mol. The Balaban J connectivity index is 1.61. The van der Waals surface area contributed by atoms with Gasteiger partial charge in [0.15, 0.2) is 5.58 Å². The molecule has 0 spiro atoms. The van der Waals surface area contributed by atoms with Crippen molar-refractivity contribution in [2.75, 3.05) is 0 Å². The van der Waals surface area contributed by atoms with E-state index in [1.54, 1.807) is 18.3 Å². The number of nitrogens with zero attached hydrogens (tertiary/aromatic N) is 3. The van der Waals surface area contributed by atoms with E-state index in [0.29, 0.717) is 17.5 Å². The number of hydrogen-bond donors (Lipinski definition) is 2. The fourth-order valence-corrected chi connectivity index (χ4v) is 3.96. The van der Waals surface area contributed by atoms with Crippen molar-refractivity contribution >= 4 is 17.1 Å². The van der Waals surface area contributed by atoms with Crippen LogP contribution >= 0.6 is 0 Å². The Labute approximate surface area is 182 Å². The molecule has 5 rings (SSSR count). The topological polar surface area (TPSA) is 106 Å². The van der Waals surface area contributed by atoms with Crippen LogP contribution in [-0.4, -0.2) is 30.2 Å². The number of carboxylic acid groups (broad SMARTS) is 1. The number of aliphatic carboxylic acids is 1. The molecule has 0 aliphatic rings. The summed E-state index contributed by atoms with van der Waals surface area (Å²) in [7, 11) is 0. The number of H-pyrrole nitrogens is 1. The number of hydrogen-bond acceptors (Lipinski definition) is 4. The number of imidazole rings is 1. The Morgan fingerprint density at radius 3 is 2.59 bits per heavy atom. The van der Waals surface area contributed by atoms with E-state index in [1.165, 1.54) is 0 Å². The number of oxazole rings is 1. The van der Waals surface area contributed by atoms with Gasteiger partial charge in [0.2, 0.25) is 0 Å². The summed E-state index contributed by atoms with van der Waals surface area (Å²) in [5.74, 6) is -0.466. The number of rotatable bonds is 6. The summed E-state index contributed by atoms with van der Waals surface area (Å²) in [6.07, 6.45) is 4.07. The van der Waals surface area contributed by atoms with Gasteiger partial charge in [-0.3, -0.25) is 9.78 Å². The first-order valence-electron chi connectivity index (χ1n) is 10.2. The maximum atomic E-state index is 11.6. The number of fused-ring (bicyclic) bond motifs is 1. The molecule has 5 aromatic rings. The van der Waals surface area contributed by atoms with Crippen LogP contribution in [-0.2, 0) is 11.2 Å². The van der Waals surface area contributed by atoms with Gasteiger partial charge >= 0.3 is 11.7 Å². The summed E-state index contributed by atoms with van der Waals surface area (Å²) in [5, 5.41) is 9.18. The maximum Gasteiger partial charge on any atom is 0.417 e. The molecular formula is C24H20N4O4. The average Bonchev–Trinajstić information content (AvgIpc) is 3.48. The fraction of sp³-hybridized carbons (Fsp3) is 0.125. The van der Waals surface area contributed by atoms with E-state index in [0.717, 1.165) is 34.2 Å². The van der Waals surface area contributed by atoms with Crippen LogP contribution in [0, 0.1) is 6.92 Å². The number of carbonyl (C=O) groups is 1. The highest BCUT2D eigenvalue weighted by Gasteiger charge is 2.15. The van der Waals surface area contributed by atoms with Crippen molar-refractivity contribution in [2.24, 2.45) is 0 Å². The third-order valence-electron chi connectivity index (χ3n) is 5.49. The van der Waals surface area contributed by atoms with Gasteiger partial charge in [0.1, 0.15) is 5.82 Å². The molecule has 0 radical (unpaired) electrons. The van der Waals surface area contributed by atoms with Crippen molar-refractivity contribution < 1.29 is 14.3 Å². The van der Waals surface area contributed by atoms with Gasteiger partial charge in [-0.15, -0.1) is 0 Å². The molecule has 2 N–H and O–H groups in total. The first kappa shape index (κ1) is 19.6. The van der Waals surface area contributed by atoms with Crippen LogP contribution < -0.4 is 5.76 Å². The minimum atomic E-state index is -0.855. The Kier molecular flexibility index (Phi) is 4.74. The minimum Gasteiger partial charge on any atom is -0.481 e. The summed E-state index contributed by atoms with van der Waals surface area (Å²) in [6.45, 7) is 1.95. The number of nitrogens with one attached hydrogen (secondary N) is 1. The Bertz CT molecular complexity index is 1480. The predicted octanol–water partition coefficient (Wildman–Crippen LogP) is 4.09. The summed E-state index contributed by atoms with van der Waals surface area (Å²) >= 11 is 0. The number of aromatic amines is 1. The molecule has 2 aromatic carbocycles. The highest BCUT2D eigenvalue weighted by molar-refractivity contribution is 5.76. The van der Waals surface area contributed by atoms with Gasteiger partial charge in [0.05, 0.1) is 17.6 Å². The first-order chi connectivity index (χ1) is 15.5. The minimum absolute atomic E-state index is 0.0176. The van der Waals surface area contributed by atoms with Gasteiger partial charge < -0.3 is 18.7 Å². The SMILES string of the molecule is Cc1nccn1-c1ccc(-c2ccc(CCC(=O)O)n2-c2ccc3[nH]c(=O)oc3c2)cc1. The van der Waals surface area contributed by atoms with Crippen molar-refractivity contribution in [3.05, 3.63) is 89.1 Å². The Morgan fingerprint density at radius 1 is 1.09 bits per heavy atom. The van der Waals surface area contributed by atoms with E-state index >= 15 is 0 Å². The van der Waals surface area contributed by atoms with Crippen LogP contribution in [0.1, 0.15) is 17.9 Å². The van der Waals surface area contributed by atoms with Gasteiger partial charge in [0.25, 0.3) is 0 Å². The van der Waals surface area contributed by atoms with Crippen LogP contribution in [0.25, 0.3) is 33.7 Å². The Morgan fingerprint density at radius 2 is 1.88 bits per heavy atom. The lowest BCUT2D eigenvalue weighted by Crippen LogP contribution is -2.05. The number of aryl methyl sites for hydroxylation is 2. The number of benzene rings is 2. The fourth-order valence-electron chi connectivity index (χ4n) is 3.96. The van der Waals surface area contributed by atoms with E-state index < -0.39 is 11.7 Å². The molecule has 0 bridgehead atoms. The number of aromatic nitrogens is 4. The first-order valence-corrected chi connectivity index (χ1v) is 10.2. The van der Waals surface area contributed by atoms with E-state index in [9.17, 15) is 14.7 Å². The van der Waals surface area contributed by atoms with E-state index in [-0.39, 0.29) is 6.42 Å². The average molecular weight is 428 g/mol. The maximum absolute atomic E-state index is 11.6. The van der Waals surface area contributed by atoms with Crippen LogP contribution in [0.5, 0.6) is 0 Å². The lowest BCUT2D eigenvalue weighted by Gasteiger charge is -2.14. The molecule has 0 unspecified atom stereocenters. The standard InChI is InChI=1S/C24H20N4O4/c1-15-25-12-13-27(15)17-4-2-16(3-5-17)21-10-7-18(8-11-23(29)30)28(21)19-6-9-20-22(14-19)32-24(31)26-20/h2-7,9-10,12-14H,8,11H2,1H3,(H,26,31)(H,29,30). The molecule has 0 atom stereocenters. The summed E-state index contributed by atoms with van der Waals surface area (Å²) in [6, 6.07) is 17.4. The second kappa shape index (κ2) is 7.73. The second-order valence-corrected chi connectivity index (χ2v) is 7.53. The van der Waals surface area contributed by atoms with E-state index in [2.05, 4.69) is 9.97 Å². The predicted molar refractivity (Wildman–Crippen MR) is 119 cm³/mol. The summed E-state index contributed by atoms with van der Waals surface area (Å²) in [4.78, 5) is 29.7.